The van der Waals surface area contributed by atoms with Crippen molar-refractivity contribution in [1.29, 1.82) is 0 Å². The molecule has 0 saturated carbocycles. The molecule has 0 amide bonds. The van der Waals surface area contributed by atoms with Crippen molar-refractivity contribution < 1.29 is 13.9 Å². The largest absolute Gasteiger partial charge is 0.497 e. The fraction of sp³-hybridized carbons (Fsp3) is 0.375. The highest BCUT2D eigenvalue weighted by Gasteiger charge is 2.35. The Morgan fingerprint density at radius 3 is 2.60 bits per heavy atom. The van der Waals surface area contributed by atoms with Crippen molar-refractivity contribution >= 4 is 0 Å². The molecular formula is C24H28FN3O2. The molecule has 2 aromatic carbocycles. The predicted molar refractivity (Wildman–Crippen MR) is 115 cm³/mol. The standard InChI is InChI=1S/C24H28FN3O2/c1-24(2)12-21(26-14-16-5-10-19(29-3)11-23(16)30-4)20-15-27-28(22(20)13-24)18-8-6-17(25)7-9-18/h5-11,15,21,26H,12-14H2,1-4H3/t21-/m1/s1. The summed E-state index contributed by atoms with van der Waals surface area (Å²) in [5, 5.41) is 8.34. The van der Waals surface area contributed by atoms with Gasteiger partial charge in [0.15, 0.2) is 0 Å². The van der Waals surface area contributed by atoms with Crippen molar-refractivity contribution in [2.45, 2.75) is 39.3 Å². The molecule has 0 unspecified atom stereocenters. The molecule has 1 aliphatic carbocycles. The van der Waals surface area contributed by atoms with E-state index in [2.05, 4.69) is 24.3 Å². The molecule has 1 heterocycles. The minimum Gasteiger partial charge on any atom is -0.497 e. The van der Waals surface area contributed by atoms with Gasteiger partial charge in [-0.25, -0.2) is 9.07 Å². The van der Waals surface area contributed by atoms with Gasteiger partial charge >= 0.3 is 0 Å². The van der Waals surface area contributed by atoms with Crippen LogP contribution in [0.15, 0.2) is 48.7 Å². The van der Waals surface area contributed by atoms with E-state index in [1.54, 1.807) is 26.4 Å². The molecular weight excluding hydrogens is 381 g/mol. The third-order valence-electron chi connectivity index (χ3n) is 5.78. The normalized spacial score (nSPS) is 17.4. The molecule has 1 aromatic heterocycles. The molecule has 0 radical (unpaired) electrons. The van der Waals surface area contributed by atoms with Gasteiger partial charge in [-0.05, 0) is 48.6 Å². The molecule has 1 N–H and O–H groups in total. The zero-order valence-corrected chi connectivity index (χ0v) is 17.9. The lowest BCUT2D eigenvalue weighted by molar-refractivity contribution is 0.252. The lowest BCUT2D eigenvalue weighted by Gasteiger charge is -2.36. The van der Waals surface area contributed by atoms with Crippen molar-refractivity contribution in [2.75, 3.05) is 14.2 Å². The van der Waals surface area contributed by atoms with Crippen molar-refractivity contribution in [3.05, 3.63) is 71.3 Å². The number of ether oxygens (including phenoxy) is 2. The number of fused-ring (bicyclic) bond motifs is 1. The van der Waals surface area contributed by atoms with E-state index in [1.807, 2.05) is 29.1 Å². The number of nitrogens with zero attached hydrogens (tertiary/aromatic N) is 2. The van der Waals surface area contributed by atoms with Crippen molar-refractivity contribution in [3.8, 4) is 17.2 Å². The van der Waals surface area contributed by atoms with Crippen LogP contribution in [0.4, 0.5) is 4.39 Å². The maximum atomic E-state index is 13.4. The Bertz CT molecular complexity index is 1030. The molecule has 0 aliphatic heterocycles. The number of halogens is 1. The Labute approximate surface area is 176 Å². The molecule has 1 atom stereocenters. The summed E-state index contributed by atoms with van der Waals surface area (Å²) in [6, 6.07) is 12.5. The van der Waals surface area contributed by atoms with Gasteiger partial charge in [0.2, 0.25) is 0 Å². The molecule has 6 heteroatoms. The van der Waals surface area contributed by atoms with Gasteiger partial charge in [0.1, 0.15) is 17.3 Å². The van der Waals surface area contributed by atoms with Crippen LogP contribution in [-0.4, -0.2) is 24.0 Å². The summed E-state index contributed by atoms with van der Waals surface area (Å²) in [7, 11) is 3.32. The van der Waals surface area contributed by atoms with E-state index in [0.29, 0.717) is 6.54 Å². The molecule has 0 fully saturated rings. The molecule has 5 nitrogen and oxygen atoms in total. The second kappa shape index (κ2) is 8.11. The first kappa shape index (κ1) is 20.4. The summed E-state index contributed by atoms with van der Waals surface area (Å²) in [5.74, 6) is 1.34. The van der Waals surface area contributed by atoms with Crippen molar-refractivity contribution in [2.24, 2.45) is 5.41 Å². The second-order valence-electron chi connectivity index (χ2n) is 8.59. The van der Waals surface area contributed by atoms with Gasteiger partial charge in [0.05, 0.1) is 26.1 Å². The summed E-state index contributed by atoms with van der Waals surface area (Å²) in [5.41, 5.74) is 4.45. The average Bonchev–Trinajstić information content (AvgIpc) is 3.15. The van der Waals surface area contributed by atoms with E-state index in [1.165, 1.54) is 23.4 Å². The second-order valence-corrected chi connectivity index (χ2v) is 8.59. The van der Waals surface area contributed by atoms with E-state index < -0.39 is 0 Å². The molecule has 0 bridgehead atoms. The minimum absolute atomic E-state index is 0.118. The van der Waals surface area contributed by atoms with Gasteiger partial charge < -0.3 is 14.8 Å². The number of aromatic nitrogens is 2. The van der Waals surface area contributed by atoms with Crippen LogP contribution < -0.4 is 14.8 Å². The van der Waals surface area contributed by atoms with E-state index >= 15 is 0 Å². The van der Waals surface area contributed by atoms with E-state index in [4.69, 9.17) is 9.47 Å². The molecule has 3 aromatic rings. The topological polar surface area (TPSA) is 48.3 Å². The van der Waals surface area contributed by atoms with Crippen LogP contribution >= 0.6 is 0 Å². The summed E-state index contributed by atoms with van der Waals surface area (Å²) in [6.07, 6.45) is 3.87. The Morgan fingerprint density at radius 1 is 1.13 bits per heavy atom. The lowest BCUT2D eigenvalue weighted by atomic mass is 9.74. The van der Waals surface area contributed by atoms with Gasteiger partial charge in [0.25, 0.3) is 0 Å². The predicted octanol–water partition coefficient (Wildman–Crippen LogP) is 4.83. The number of rotatable bonds is 6. The van der Waals surface area contributed by atoms with Gasteiger partial charge in [-0.1, -0.05) is 19.9 Å². The summed E-state index contributed by atoms with van der Waals surface area (Å²) < 4.78 is 26.1. The number of hydrogen-bond acceptors (Lipinski definition) is 4. The highest BCUT2D eigenvalue weighted by atomic mass is 19.1. The van der Waals surface area contributed by atoms with Crippen LogP contribution in [0.3, 0.4) is 0 Å². The Hall–Kier alpha value is -2.86. The zero-order chi connectivity index (χ0) is 21.3. The van der Waals surface area contributed by atoms with Crippen LogP contribution in [0.2, 0.25) is 0 Å². The Kier molecular flexibility index (Phi) is 5.52. The van der Waals surface area contributed by atoms with Gasteiger partial charge in [0, 0.05) is 35.5 Å². The molecule has 1 aliphatic rings. The first-order valence-corrected chi connectivity index (χ1v) is 10.2. The van der Waals surface area contributed by atoms with E-state index in [9.17, 15) is 4.39 Å². The van der Waals surface area contributed by atoms with E-state index in [-0.39, 0.29) is 17.3 Å². The van der Waals surface area contributed by atoms with Gasteiger partial charge in [-0.3, -0.25) is 0 Å². The fourth-order valence-corrected chi connectivity index (χ4v) is 4.26. The number of benzene rings is 2. The van der Waals surface area contributed by atoms with Crippen molar-refractivity contribution in [1.82, 2.24) is 15.1 Å². The molecule has 0 spiro atoms. The van der Waals surface area contributed by atoms with Crippen LogP contribution in [0.25, 0.3) is 5.69 Å². The minimum atomic E-state index is -0.243. The SMILES string of the molecule is COc1ccc(CN[C@@H]2CC(C)(C)Cc3c2cnn3-c2ccc(F)cc2)c(OC)c1. The summed E-state index contributed by atoms with van der Waals surface area (Å²) in [4.78, 5) is 0. The molecule has 30 heavy (non-hydrogen) atoms. The monoisotopic (exact) mass is 409 g/mol. The van der Waals surface area contributed by atoms with Crippen LogP contribution in [0.5, 0.6) is 11.5 Å². The third-order valence-corrected chi connectivity index (χ3v) is 5.78. The van der Waals surface area contributed by atoms with Gasteiger partial charge in [-0.2, -0.15) is 5.10 Å². The summed E-state index contributed by atoms with van der Waals surface area (Å²) >= 11 is 0. The molecule has 4 rings (SSSR count). The smallest absolute Gasteiger partial charge is 0.127 e. The van der Waals surface area contributed by atoms with Gasteiger partial charge in [-0.15, -0.1) is 0 Å². The number of hydrogen-bond donors (Lipinski definition) is 1. The van der Waals surface area contributed by atoms with Crippen LogP contribution in [0, 0.1) is 11.2 Å². The highest BCUT2D eigenvalue weighted by Crippen LogP contribution is 2.41. The third kappa shape index (κ3) is 4.05. The number of nitrogens with one attached hydrogen (secondary N) is 1. The fourth-order valence-electron chi connectivity index (χ4n) is 4.26. The maximum Gasteiger partial charge on any atom is 0.127 e. The average molecular weight is 410 g/mol. The van der Waals surface area contributed by atoms with E-state index in [0.717, 1.165) is 35.6 Å². The Morgan fingerprint density at radius 2 is 1.90 bits per heavy atom. The Balaban J connectivity index is 1.61. The quantitative estimate of drug-likeness (QED) is 0.633. The van der Waals surface area contributed by atoms with Crippen LogP contribution in [0.1, 0.15) is 43.1 Å². The number of methoxy groups -OCH3 is 2. The molecule has 0 saturated heterocycles. The zero-order valence-electron chi connectivity index (χ0n) is 17.9. The summed E-state index contributed by atoms with van der Waals surface area (Å²) in [6.45, 7) is 5.23. The molecule has 158 valence electrons. The maximum absolute atomic E-state index is 13.4. The first-order valence-electron chi connectivity index (χ1n) is 10.2. The highest BCUT2D eigenvalue weighted by molar-refractivity contribution is 5.41. The van der Waals surface area contributed by atoms with Crippen molar-refractivity contribution in [3.63, 3.8) is 0 Å². The first-order chi connectivity index (χ1) is 14.4. The van der Waals surface area contributed by atoms with Crippen LogP contribution in [-0.2, 0) is 13.0 Å². The lowest BCUT2D eigenvalue weighted by Crippen LogP contribution is -2.33.